The highest BCUT2D eigenvalue weighted by Gasteiger charge is 2.14. The Morgan fingerprint density at radius 1 is 1.16 bits per heavy atom. The summed E-state index contributed by atoms with van der Waals surface area (Å²) in [5.41, 5.74) is 4.88. The van der Waals surface area contributed by atoms with E-state index in [1.165, 1.54) is 28.7 Å². The molecule has 32 heavy (non-hydrogen) atoms. The molecule has 0 unspecified atom stereocenters. The maximum absolute atomic E-state index is 12.8. The molecule has 7 heteroatoms. The van der Waals surface area contributed by atoms with Gasteiger partial charge in [0.15, 0.2) is 5.16 Å². The number of hydrogen-bond acceptors (Lipinski definition) is 5. The summed E-state index contributed by atoms with van der Waals surface area (Å²) in [5, 5.41) is 5.96. The molecule has 0 spiro atoms. The third-order valence-corrected chi connectivity index (χ3v) is 7.07. The molecule has 4 aromatic rings. The summed E-state index contributed by atoms with van der Waals surface area (Å²) in [6.45, 7) is 6.37. The molecular weight excluding hydrogens is 438 g/mol. The van der Waals surface area contributed by atoms with Gasteiger partial charge in [-0.2, -0.15) is 0 Å². The smallest absolute Gasteiger partial charge is 0.260 e. The minimum absolute atomic E-state index is 0.129. The van der Waals surface area contributed by atoms with E-state index < -0.39 is 0 Å². The number of carbonyl (C=O) groups is 1. The van der Waals surface area contributed by atoms with E-state index in [1.54, 1.807) is 0 Å². The topological polar surface area (TPSA) is 74.8 Å². The number of nitrogens with zero attached hydrogens (tertiary/aromatic N) is 1. The number of H-pyrrole nitrogens is 1. The third-order valence-electron chi connectivity index (χ3n) is 5.32. The normalized spacial score (nSPS) is 11.2. The number of benzene rings is 2. The lowest BCUT2D eigenvalue weighted by Crippen LogP contribution is -2.16. The summed E-state index contributed by atoms with van der Waals surface area (Å²) in [7, 11) is 0. The highest BCUT2D eigenvalue weighted by Crippen LogP contribution is 2.32. The molecule has 164 valence electrons. The first-order valence-electron chi connectivity index (χ1n) is 10.6. The monoisotopic (exact) mass is 463 g/mol. The Kier molecular flexibility index (Phi) is 6.77. The molecule has 0 radical (unpaired) electrons. The average Bonchev–Trinajstić information content (AvgIpc) is 3.23. The zero-order valence-electron chi connectivity index (χ0n) is 18.3. The fourth-order valence-electron chi connectivity index (χ4n) is 3.53. The summed E-state index contributed by atoms with van der Waals surface area (Å²) in [6, 6.07) is 16.1. The maximum Gasteiger partial charge on any atom is 0.260 e. The van der Waals surface area contributed by atoms with Gasteiger partial charge in [0.1, 0.15) is 4.83 Å². The van der Waals surface area contributed by atoms with Crippen LogP contribution in [0, 0.1) is 0 Å². The van der Waals surface area contributed by atoms with E-state index in [4.69, 9.17) is 0 Å². The molecule has 0 aliphatic carbocycles. The second kappa shape index (κ2) is 9.71. The number of aromatic nitrogens is 2. The third kappa shape index (κ3) is 4.79. The molecule has 2 aromatic carbocycles. The number of aryl methyl sites for hydroxylation is 1. The first kappa shape index (κ1) is 22.3. The zero-order chi connectivity index (χ0) is 22.7. The van der Waals surface area contributed by atoms with Gasteiger partial charge < -0.3 is 10.3 Å². The quantitative estimate of drug-likeness (QED) is 0.258. The zero-order valence-corrected chi connectivity index (χ0v) is 19.9. The number of fused-ring (bicyclic) bond motifs is 1. The van der Waals surface area contributed by atoms with Crippen molar-refractivity contribution in [3.8, 4) is 11.1 Å². The van der Waals surface area contributed by atoms with Gasteiger partial charge in [0.2, 0.25) is 5.91 Å². The van der Waals surface area contributed by atoms with Crippen LogP contribution in [0.1, 0.15) is 37.8 Å². The van der Waals surface area contributed by atoms with Gasteiger partial charge in [0, 0.05) is 16.6 Å². The summed E-state index contributed by atoms with van der Waals surface area (Å²) in [6.07, 6.45) is 0.843. The van der Waals surface area contributed by atoms with E-state index in [1.807, 2.05) is 29.6 Å². The Hall–Kier alpha value is -2.90. The van der Waals surface area contributed by atoms with Crippen molar-refractivity contribution in [2.75, 3.05) is 11.1 Å². The number of para-hydroxylation sites is 1. The van der Waals surface area contributed by atoms with Gasteiger partial charge in [-0.15, -0.1) is 11.3 Å². The van der Waals surface area contributed by atoms with E-state index in [0.29, 0.717) is 21.3 Å². The lowest BCUT2D eigenvalue weighted by Gasteiger charge is -2.09. The summed E-state index contributed by atoms with van der Waals surface area (Å²) in [4.78, 5) is 33.4. The van der Waals surface area contributed by atoms with Gasteiger partial charge in [-0.05, 0) is 35.1 Å². The van der Waals surface area contributed by atoms with Crippen molar-refractivity contribution in [2.45, 2.75) is 38.3 Å². The highest BCUT2D eigenvalue weighted by atomic mass is 32.2. The largest absolute Gasteiger partial charge is 0.325 e. The Labute approximate surface area is 195 Å². The SMILES string of the molecule is CCc1ccccc1NC(=O)CSc1nc2scc(-c3ccc(C(C)C)cc3)c2c(=O)[nH]1. The highest BCUT2D eigenvalue weighted by molar-refractivity contribution is 7.99. The minimum atomic E-state index is -0.182. The fourth-order valence-corrected chi connectivity index (χ4v) is 5.19. The molecule has 0 aliphatic heterocycles. The van der Waals surface area contributed by atoms with E-state index in [0.717, 1.165) is 28.8 Å². The second-order valence-electron chi connectivity index (χ2n) is 7.82. The number of aromatic amines is 1. The van der Waals surface area contributed by atoms with Crippen molar-refractivity contribution in [1.82, 2.24) is 9.97 Å². The molecule has 0 atom stereocenters. The van der Waals surface area contributed by atoms with Crippen LogP contribution in [0.2, 0.25) is 0 Å². The molecule has 0 saturated carbocycles. The number of rotatable bonds is 7. The van der Waals surface area contributed by atoms with Crippen LogP contribution in [0.3, 0.4) is 0 Å². The van der Waals surface area contributed by atoms with E-state index >= 15 is 0 Å². The van der Waals surface area contributed by atoms with Crippen LogP contribution < -0.4 is 10.9 Å². The molecular formula is C25H25N3O2S2. The van der Waals surface area contributed by atoms with Crippen molar-refractivity contribution in [1.29, 1.82) is 0 Å². The first-order valence-corrected chi connectivity index (χ1v) is 12.4. The van der Waals surface area contributed by atoms with Gasteiger partial charge in [-0.1, -0.05) is 75.0 Å². The van der Waals surface area contributed by atoms with Crippen molar-refractivity contribution < 1.29 is 4.79 Å². The Morgan fingerprint density at radius 3 is 2.62 bits per heavy atom. The lowest BCUT2D eigenvalue weighted by molar-refractivity contribution is -0.113. The molecule has 2 N–H and O–H groups in total. The van der Waals surface area contributed by atoms with Gasteiger partial charge in [0.05, 0.1) is 11.1 Å². The lowest BCUT2D eigenvalue weighted by atomic mass is 9.99. The minimum Gasteiger partial charge on any atom is -0.325 e. The second-order valence-corrected chi connectivity index (χ2v) is 9.65. The standard InChI is InChI=1S/C25H25N3O2S2/c1-4-16-7-5-6-8-20(16)26-21(29)14-32-25-27-23(30)22-19(13-31-24(22)28-25)18-11-9-17(10-12-18)15(2)3/h5-13,15H,4,14H2,1-3H3,(H,26,29)(H,27,28,30). The van der Waals surface area contributed by atoms with Crippen molar-refractivity contribution in [3.05, 3.63) is 75.4 Å². The van der Waals surface area contributed by atoms with Gasteiger partial charge in [-0.25, -0.2) is 4.98 Å². The van der Waals surface area contributed by atoms with Crippen LogP contribution in [0.4, 0.5) is 5.69 Å². The number of thiophene rings is 1. The molecule has 4 rings (SSSR count). The van der Waals surface area contributed by atoms with E-state index in [-0.39, 0.29) is 17.2 Å². The molecule has 0 saturated heterocycles. The molecule has 0 aliphatic rings. The molecule has 2 aromatic heterocycles. The van der Waals surface area contributed by atoms with Crippen molar-refractivity contribution in [3.63, 3.8) is 0 Å². The predicted molar refractivity (Wildman–Crippen MR) is 135 cm³/mol. The summed E-state index contributed by atoms with van der Waals surface area (Å²) in [5.74, 6) is 0.498. The van der Waals surface area contributed by atoms with Gasteiger partial charge in [-0.3, -0.25) is 9.59 Å². The van der Waals surface area contributed by atoms with Gasteiger partial charge in [0.25, 0.3) is 5.56 Å². The fraction of sp³-hybridized carbons (Fsp3) is 0.240. The molecule has 0 fully saturated rings. The Balaban J connectivity index is 1.50. The van der Waals surface area contributed by atoms with Crippen LogP contribution in [0.25, 0.3) is 21.3 Å². The summed E-state index contributed by atoms with van der Waals surface area (Å²) < 4.78 is 0. The molecule has 1 amide bonds. The van der Waals surface area contributed by atoms with Crippen LogP contribution in [-0.4, -0.2) is 21.6 Å². The number of amides is 1. The van der Waals surface area contributed by atoms with E-state index in [9.17, 15) is 9.59 Å². The number of carbonyl (C=O) groups excluding carboxylic acids is 1. The molecule has 0 bridgehead atoms. The first-order chi connectivity index (χ1) is 15.5. The number of hydrogen-bond donors (Lipinski definition) is 2. The van der Waals surface area contributed by atoms with Crippen molar-refractivity contribution >= 4 is 44.9 Å². The van der Waals surface area contributed by atoms with Crippen LogP contribution in [-0.2, 0) is 11.2 Å². The number of thioether (sulfide) groups is 1. The summed E-state index contributed by atoms with van der Waals surface area (Å²) >= 11 is 2.67. The Bertz CT molecular complexity index is 1310. The molecule has 5 nitrogen and oxygen atoms in total. The molecule has 2 heterocycles. The average molecular weight is 464 g/mol. The predicted octanol–water partition coefficient (Wildman–Crippen LogP) is 6.07. The maximum atomic E-state index is 12.8. The van der Waals surface area contributed by atoms with Crippen LogP contribution in [0.5, 0.6) is 0 Å². The van der Waals surface area contributed by atoms with Crippen LogP contribution in [0.15, 0.2) is 63.9 Å². The van der Waals surface area contributed by atoms with Crippen molar-refractivity contribution in [2.24, 2.45) is 0 Å². The van der Waals surface area contributed by atoms with E-state index in [2.05, 4.69) is 60.3 Å². The van der Waals surface area contributed by atoms with Gasteiger partial charge >= 0.3 is 0 Å². The van der Waals surface area contributed by atoms with Crippen LogP contribution >= 0.6 is 23.1 Å². The number of nitrogens with one attached hydrogen (secondary N) is 2. The number of anilines is 1. The Morgan fingerprint density at radius 2 is 1.91 bits per heavy atom.